The minimum atomic E-state index is -1.74. The fourth-order valence-electron chi connectivity index (χ4n) is 8.17. The molecule has 1 aromatic rings. The highest BCUT2D eigenvalue weighted by molar-refractivity contribution is 6.82. The molecular formula is C41H69N5O4Si. The first kappa shape index (κ1) is 40.9. The van der Waals surface area contributed by atoms with E-state index in [0.717, 1.165) is 55.4 Å². The van der Waals surface area contributed by atoms with Crippen molar-refractivity contribution in [1.29, 1.82) is 0 Å². The first-order valence-electron chi connectivity index (χ1n) is 20.1. The zero-order valence-electron chi connectivity index (χ0n) is 33.0. The number of hydrazine groups is 1. The first-order chi connectivity index (χ1) is 24.3. The number of urea groups is 1. The van der Waals surface area contributed by atoms with Crippen LogP contribution in [-0.4, -0.2) is 67.8 Å². The van der Waals surface area contributed by atoms with Gasteiger partial charge >= 0.3 is 12.0 Å². The molecule has 1 unspecified atom stereocenters. The number of likely N-dealkylation sites (N-methyl/N-ethyl adjacent to an activating group) is 1. The molecule has 0 bridgehead atoms. The van der Waals surface area contributed by atoms with Crippen molar-refractivity contribution >= 4 is 26.0 Å². The van der Waals surface area contributed by atoms with E-state index in [-0.39, 0.29) is 35.7 Å². The van der Waals surface area contributed by atoms with Gasteiger partial charge in [-0.1, -0.05) is 140 Å². The van der Waals surface area contributed by atoms with E-state index in [1.54, 1.807) is 0 Å². The van der Waals surface area contributed by atoms with Gasteiger partial charge in [0.15, 0.2) is 0 Å². The van der Waals surface area contributed by atoms with Crippen molar-refractivity contribution in [3.63, 3.8) is 0 Å². The highest BCUT2D eigenvalue weighted by atomic mass is 28.3. The van der Waals surface area contributed by atoms with Gasteiger partial charge < -0.3 is 25.7 Å². The Morgan fingerprint density at radius 3 is 2.00 bits per heavy atom. The van der Waals surface area contributed by atoms with Gasteiger partial charge in [-0.3, -0.25) is 9.59 Å². The van der Waals surface area contributed by atoms with E-state index in [0.29, 0.717) is 13.0 Å². The number of carbonyl (C=O) groups excluding carboxylic acids is 3. The number of unbranched alkanes of at least 4 members (excludes halogenated alkanes) is 12. The predicted molar refractivity (Wildman–Crippen MR) is 210 cm³/mol. The number of hydrogen-bond donors (Lipinski definition) is 3. The van der Waals surface area contributed by atoms with E-state index >= 15 is 0 Å². The Bertz CT molecular complexity index is 1320. The molecule has 3 amide bonds. The lowest BCUT2D eigenvalue weighted by Gasteiger charge is -2.49. The monoisotopic (exact) mass is 724 g/mol. The molecule has 0 radical (unpaired) electrons. The van der Waals surface area contributed by atoms with Crippen molar-refractivity contribution in [3.05, 3.63) is 47.2 Å². The van der Waals surface area contributed by atoms with Crippen LogP contribution < -0.4 is 16.1 Å². The van der Waals surface area contributed by atoms with Crippen LogP contribution in [0, 0.1) is 0 Å². The van der Waals surface area contributed by atoms with Gasteiger partial charge in [-0.15, -0.1) is 0 Å². The molecule has 0 aromatic heterocycles. The van der Waals surface area contributed by atoms with Gasteiger partial charge in [0.05, 0.1) is 25.4 Å². The van der Waals surface area contributed by atoms with Crippen molar-refractivity contribution in [3.8, 4) is 0 Å². The van der Waals surface area contributed by atoms with Gasteiger partial charge in [0.25, 0.3) is 0 Å². The van der Waals surface area contributed by atoms with E-state index in [2.05, 4.69) is 42.6 Å². The second kappa shape index (κ2) is 18.8. The molecule has 51 heavy (non-hydrogen) atoms. The third-order valence-electron chi connectivity index (χ3n) is 11.9. The Balaban J connectivity index is 1.24. The van der Waals surface area contributed by atoms with Crippen LogP contribution in [-0.2, 0) is 14.3 Å². The van der Waals surface area contributed by atoms with Crippen LogP contribution in [0.25, 0.3) is 0 Å². The van der Waals surface area contributed by atoms with Crippen LogP contribution in [0.2, 0.25) is 24.7 Å². The number of amides is 3. The van der Waals surface area contributed by atoms with Crippen LogP contribution >= 0.6 is 0 Å². The Hall–Kier alpha value is -2.85. The average Bonchev–Trinajstić information content (AvgIpc) is 3.51. The minimum Gasteiger partial charge on any atom is -0.463 e. The van der Waals surface area contributed by atoms with Crippen LogP contribution in [0.15, 0.2) is 41.6 Å². The summed E-state index contributed by atoms with van der Waals surface area (Å²) in [5.41, 5.74) is 5.68. The lowest BCUT2D eigenvalue weighted by molar-refractivity contribution is -0.144. The molecule has 1 aliphatic carbocycles. The summed E-state index contributed by atoms with van der Waals surface area (Å²) in [7, 11) is 0.206. The van der Waals surface area contributed by atoms with E-state index in [4.69, 9.17) is 4.74 Å². The highest BCUT2D eigenvalue weighted by Crippen LogP contribution is 2.55. The molecule has 9 nitrogen and oxygen atoms in total. The molecule has 2 atom stereocenters. The summed E-state index contributed by atoms with van der Waals surface area (Å²) in [4.78, 5) is 42.4. The van der Waals surface area contributed by atoms with E-state index < -0.39 is 19.7 Å². The van der Waals surface area contributed by atoms with Gasteiger partial charge in [0.2, 0.25) is 5.91 Å². The fraction of sp³-hybridized carbons (Fsp3) is 0.732. The number of hydrogen-bond acceptors (Lipinski definition) is 6. The standard InChI is InChI=1S/C41H69N5O4Si/c1-8-9-10-11-12-13-14-15-16-17-18-19-23-27-35(47)50-31-34(32-25-21-20-22-26-32)42-39(49)46-30-33-36(40(46,2)3)44-45(4)37(33)43-38(48)41(28-24-29-41)51(5,6)7/h20-22,25-26,34,37,44H,8-19,23-24,27-31H2,1-7H3,(H,42,49)(H,43,48)/t34-,37?/m1/s1. The lowest BCUT2D eigenvalue weighted by atomic mass is 9.83. The molecule has 3 aliphatic rings. The maximum atomic E-state index is 14.0. The number of ether oxygens (including phenoxy) is 1. The number of esters is 1. The second-order valence-electron chi connectivity index (χ2n) is 16.9. The Morgan fingerprint density at radius 1 is 0.902 bits per heavy atom. The molecule has 2 heterocycles. The van der Waals surface area contributed by atoms with Crippen LogP contribution in [0.4, 0.5) is 4.79 Å². The number of rotatable bonds is 21. The van der Waals surface area contributed by atoms with Gasteiger partial charge in [-0.05, 0) is 38.7 Å². The maximum absolute atomic E-state index is 14.0. The van der Waals surface area contributed by atoms with E-state index in [1.807, 2.05) is 61.1 Å². The van der Waals surface area contributed by atoms with Crippen LogP contribution in [0.3, 0.4) is 0 Å². The lowest BCUT2D eigenvalue weighted by Crippen LogP contribution is -2.60. The predicted octanol–water partition coefficient (Wildman–Crippen LogP) is 8.96. The average molecular weight is 724 g/mol. The molecule has 4 rings (SSSR count). The quantitative estimate of drug-likeness (QED) is 0.0665. The summed E-state index contributed by atoms with van der Waals surface area (Å²) in [6.07, 6.45) is 19.5. The number of benzene rings is 1. The van der Waals surface area contributed by atoms with Gasteiger partial charge in [0, 0.05) is 30.6 Å². The molecule has 2 aliphatic heterocycles. The molecule has 0 spiro atoms. The molecule has 1 aromatic carbocycles. The normalized spacial score (nSPS) is 20.0. The first-order valence-corrected chi connectivity index (χ1v) is 23.6. The summed E-state index contributed by atoms with van der Waals surface area (Å²) in [6.45, 7) is 13.7. The van der Waals surface area contributed by atoms with Crippen molar-refractivity contribution in [2.45, 2.75) is 172 Å². The molecule has 0 saturated heterocycles. The number of carbonyl (C=O) groups is 3. The topological polar surface area (TPSA) is 103 Å². The molecule has 1 saturated carbocycles. The summed E-state index contributed by atoms with van der Waals surface area (Å²) < 4.78 is 5.76. The molecule has 3 N–H and O–H groups in total. The van der Waals surface area contributed by atoms with Crippen molar-refractivity contribution in [2.75, 3.05) is 20.2 Å². The third-order valence-corrected chi connectivity index (χ3v) is 15.5. The zero-order chi connectivity index (χ0) is 37.1. The molecule has 1 fully saturated rings. The summed E-state index contributed by atoms with van der Waals surface area (Å²) in [5, 5.41) is 8.28. The van der Waals surface area contributed by atoms with E-state index in [9.17, 15) is 14.4 Å². The maximum Gasteiger partial charge on any atom is 0.319 e. The molecule has 286 valence electrons. The SMILES string of the molecule is CCCCCCCCCCCCCCCC(=O)OC[C@@H](NC(=O)N1CC2=C(NN(C)C2NC(=O)C2([Si](C)(C)C)CCC2)C1(C)C)c1ccccc1. The Morgan fingerprint density at radius 2 is 1.47 bits per heavy atom. The van der Waals surface area contributed by atoms with Gasteiger partial charge in [-0.25, -0.2) is 9.80 Å². The number of nitrogens with one attached hydrogen (secondary N) is 3. The minimum absolute atomic E-state index is 0.0763. The zero-order valence-corrected chi connectivity index (χ0v) is 34.0. The third kappa shape index (κ3) is 10.4. The van der Waals surface area contributed by atoms with Gasteiger partial charge in [-0.2, -0.15) is 0 Å². The molecule has 10 heteroatoms. The van der Waals surface area contributed by atoms with Crippen molar-refractivity contribution < 1.29 is 19.1 Å². The van der Waals surface area contributed by atoms with Crippen molar-refractivity contribution in [2.24, 2.45) is 0 Å². The smallest absolute Gasteiger partial charge is 0.319 e. The van der Waals surface area contributed by atoms with Crippen LogP contribution in [0.1, 0.15) is 142 Å². The van der Waals surface area contributed by atoms with Gasteiger partial charge in [0.1, 0.15) is 12.8 Å². The Labute approximate surface area is 310 Å². The fourth-order valence-corrected chi connectivity index (χ4v) is 10.8. The highest BCUT2D eigenvalue weighted by Gasteiger charge is 2.56. The van der Waals surface area contributed by atoms with E-state index in [1.165, 1.54) is 64.2 Å². The molecular weight excluding hydrogens is 655 g/mol. The summed E-state index contributed by atoms with van der Waals surface area (Å²) in [5.74, 6) is -0.0745. The summed E-state index contributed by atoms with van der Waals surface area (Å²) >= 11 is 0. The van der Waals surface area contributed by atoms with Crippen LogP contribution in [0.5, 0.6) is 0 Å². The Kier molecular flexibility index (Phi) is 15.1. The second-order valence-corrected chi connectivity index (χ2v) is 22.4. The largest absolute Gasteiger partial charge is 0.463 e. The number of nitrogens with zero attached hydrogens (tertiary/aromatic N) is 2. The van der Waals surface area contributed by atoms with Crippen molar-refractivity contribution in [1.82, 2.24) is 26.0 Å². The summed E-state index contributed by atoms with van der Waals surface area (Å²) in [6, 6.07) is 8.99.